The van der Waals surface area contributed by atoms with Crippen LogP contribution in [0.15, 0.2) is 71.8 Å². The van der Waals surface area contributed by atoms with E-state index >= 15 is 0 Å². The van der Waals surface area contributed by atoms with Gasteiger partial charge in [-0.1, -0.05) is 31.0 Å². The van der Waals surface area contributed by atoms with Gasteiger partial charge in [0.25, 0.3) is 5.91 Å². The maximum atomic E-state index is 12.6. The fraction of sp³-hybridized carbons (Fsp3) is 0.222. The van der Waals surface area contributed by atoms with Crippen molar-refractivity contribution in [3.8, 4) is 17.2 Å². The zero-order valence-corrected chi connectivity index (χ0v) is 19.5. The van der Waals surface area contributed by atoms with E-state index < -0.39 is 5.97 Å². The first-order chi connectivity index (χ1) is 16.5. The van der Waals surface area contributed by atoms with Gasteiger partial charge in [0, 0.05) is 5.56 Å². The average Bonchev–Trinajstić information content (AvgIpc) is 2.85. The molecule has 3 rings (SSSR count). The van der Waals surface area contributed by atoms with Gasteiger partial charge in [0.15, 0.2) is 11.5 Å². The molecule has 1 N–H and O–H groups in total. The Labute approximate surface area is 199 Å². The number of nitrogens with zero attached hydrogens (tertiary/aromatic N) is 1. The maximum Gasteiger partial charge on any atom is 0.343 e. The Morgan fingerprint density at radius 1 is 0.971 bits per heavy atom. The topological polar surface area (TPSA) is 86.2 Å². The van der Waals surface area contributed by atoms with E-state index in [9.17, 15) is 9.59 Å². The third kappa shape index (κ3) is 6.93. The number of aryl methyl sites for hydroxylation is 1. The van der Waals surface area contributed by atoms with Gasteiger partial charge in [-0.3, -0.25) is 4.79 Å². The molecule has 0 atom stereocenters. The normalized spacial score (nSPS) is 10.7. The lowest BCUT2D eigenvalue weighted by molar-refractivity contribution is 0.0729. The number of nitrogens with one attached hydrogen (secondary N) is 1. The number of hydrogen-bond donors (Lipinski definition) is 1. The van der Waals surface area contributed by atoms with Crippen molar-refractivity contribution in [1.82, 2.24) is 5.43 Å². The number of unbranched alkanes of at least 4 members (excludes halogenated alkanes) is 1. The van der Waals surface area contributed by atoms with E-state index in [0.29, 0.717) is 34.8 Å². The van der Waals surface area contributed by atoms with E-state index in [1.54, 1.807) is 54.6 Å². The van der Waals surface area contributed by atoms with Crippen LogP contribution in [0.2, 0.25) is 0 Å². The Morgan fingerprint density at radius 2 is 1.76 bits per heavy atom. The molecule has 0 saturated heterocycles. The molecule has 0 saturated carbocycles. The number of carbonyl (C=O) groups excluding carboxylic acids is 2. The summed E-state index contributed by atoms with van der Waals surface area (Å²) in [5.74, 6) is 0.531. The molecule has 0 fully saturated rings. The highest BCUT2D eigenvalue weighted by Crippen LogP contribution is 2.28. The van der Waals surface area contributed by atoms with Gasteiger partial charge in [-0.05, 0) is 73.5 Å². The van der Waals surface area contributed by atoms with E-state index in [0.717, 1.165) is 18.4 Å². The van der Waals surface area contributed by atoms with Crippen LogP contribution < -0.4 is 19.6 Å². The van der Waals surface area contributed by atoms with E-state index in [4.69, 9.17) is 14.2 Å². The first-order valence-electron chi connectivity index (χ1n) is 11.0. The molecule has 0 aliphatic rings. The number of rotatable bonds is 10. The number of esters is 1. The van der Waals surface area contributed by atoms with Gasteiger partial charge in [0.2, 0.25) is 0 Å². The lowest BCUT2D eigenvalue weighted by Gasteiger charge is -2.10. The largest absolute Gasteiger partial charge is 0.494 e. The fourth-order valence-corrected chi connectivity index (χ4v) is 3.05. The molecule has 1 amide bonds. The summed E-state index contributed by atoms with van der Waals surface area (Å²) in [6.45, 7) is 4.65. The molecule has 0 unspecified atom stereocenters. The van der Waals surface area contributed by atoms with Crippen molar-refractivity contribution >= 4 is 18.1 Å². The van der Waals surface area contributed by atoms with E-state index in [1.807, 2.05) is 19.1 Å². The first kappa shape index (κ1) is 24.5. The lowest BCUT2D eigenvalue weighted by Crippen LogP contribution is -2.17. The van der Waals surface area contributed by atoms with Gasteiger partial charge in [-0.2, -0.15) is 5.10 Å². The molecule has 3 aromatic rings. The van der Waals surface area contributed by atoms with Crippen LogP contribution in [0.4, 0.5) is 0 Å². The molecule has 0 spiro atoms. The molecule has 34 heavy (non-hydrogen) atoms. The second-order valence-corrected chi connectivity index (χ2v) is 7.59. The third-order valence-corrected chi connectivity index (χ3v) is 4.91. The van der Waals surface area contributed by atoms with Crippen molar-refractivity contribution in [2.24, 2.45) is 5.10 Å². The molecule has 0 aliphatic heterocycles. The quantitative estimate of drug-likeness (QED) is 0.148. The number of hydrogen-bond acceptors (Lipinski definition) is 6. The zero-order chi connectivity index (χ0) is 24.3. The Balaban J connectivity index is 1.61. The molecule has 3 aromatic carbocycles. The van der Waals surface area contributed by atoms with Crippen LogP contribution in [-0.4, -0.2) is 31.8 Å². The van der Waals surface area contributed by atoms with Crippen molar-refractivity contribution in [3.05, 3.63) is 89.0 Å². The van der Waals surface area contributed by atoms with Crippen LogP contribution in [0.5, 0.6) is 17.2 Å². The Bertz CT molecular complexity index is 1160. The molecule has 0 aliphatic carbocycles. The smallest absolute Gasteiger partial charge is 0.343 e. The highest BCUT2D eigenvalue weighted by molar-refractivity contribution is 5.95. The first-order valence-corrected chi connectivity index (χ1v) is 11.0. The van der Waals surface area contributed by atoms with Gasteiger partial charge in [0.05, 0.1) is 25.5 Å². The monoisotopic (exact) mass is 460 g/mol. The summed E-state index contributed by atoms with van der Waals surface area (Å²) in [4.78, 5) is 24.7. The standard InChI is InChI=1S/C27H28N2O5/c1-4-5-15-33-23-12-10-21(11-13-23)27(31)34-24-14-9-20(17-25(24)32-3)18-28-29-26(30)22-8-6-7-19(2)16-22/h6-14,16-18H,4-5,15H2,1-3H3,(H,29,30)/b28-18+. The minimum Gasteiger partial charge on any atom is -0.494 e. The van der Waals surface area contributed by atoms with Crippen LogP contribution in [0, 0.1) is 6.92 Å². The Kier molecular flexibility index (Phi) is 8.80. The Hall–Kier alpha value is -4.13. The van der Waals surface area contributed by atoms with Gasteiger partial charge in [-0.25, -0.2) is 10.2 Å². The average molecular weight is 461 g/mol. The van der Waals surface area contributed by atoms with Crippen LogP contribution in [0.1, 0.15) is 51.6 Å². The summed E-state index contributed by atoms with van der Waals surface area (Å²) in [6.07, 6.45) is 3.52. The van der Waals surface area contributed by atoms with Crippen molar-refractivity contribution < 1.29 is 23.8 Å². The summed E-state index contributed by atoms with van der Waals surface area (Å²) < 4.78 is 16.5. The van der Waals surface area contributed by atoms with E-state index in [-0.39, 0.29) is 11.7 Å². The van der Waals surface area contributed by atoms with Crippen LogP contribution >= 0.6 is 0 Å². The maximum absolute atomic E-state index is 12.6. The van der Waals surface area contributed by atoms with E-state index in [1.165, 1.54) is 13.3 Å². The second kappa shape index (κ2) is 12.2. The minimum absolute atomic E-state index is 0.275. The SMILES string of the molecule is CCCCOc1ccc(C(=O)Oc2ccc(/C=N/NC(=O)c3cccc(C)c3)cc2OC)cc1. The van der Waals surface area contributed by atoms with Crippen LogP contribution in [-0.2, 0) is 0 Å². The number of amides is 1. The van der Waals surface area contributed by atoms with Crippen molar-refractivity contribution in [3.63, 3.8) is 0 Å². The summed E-state index contributed by atoms with van der Waals surface area (Å²) in [7, 11) is 1.48. The lowest BCUT2D eigenvalue weighted by atomic mass is 10.1. The molecule has 176 valence electrons. The highest BCUT2D eigenvalue weighted by Gasteiger charge is 2.13. The number of methoxy groups -OCH3 is 1. The molecule has 0 aromatic heterocycles. The molecule has 7 nitrogen and oxygen atoms in total. The summed E-state index contributed by atoms with van der Waals surface area (Å²) in [5.41, 5.74) is 5.07. The van der Waals surface area contributed by atoms with Gasteiger partial charge >= 0.3 is 5.97 Å². The molecule has 0 heterocycles. The minimum atomic E-state index is -0.509. The number of benzene rings is 3. The van der Waals surface area contributed by atoms with Crippen molar-refractivity contribution in [2.45, 2.75) is 26.7 Å². The Morgan fingerprint density at radius 3 is 2.47 bits per heavy atom. The van der Waals surface area contributed by atoms with Gasteiger partial charge < -0.3 is 14.2 Å². The molecule has 7 heteroatoms. The number of ether oxygens (including phenoxy) is 3. The summed E-state index contributed by atoms with van der Waals surface area (Å²) in [5, 5.41) is 4.00. The number of carbonyl (C=O) groups is 2. The summed E-state index contributed by atoms with van der Waals surface area (Å²) in [6, 6.07) is 19.0. The number of hydrazone groups is 1. The molecule has 0 radical (unpaired) electrons. The van der Waals surface area contributed by atoms with Crippen molar-refractivity contribution in [2.75, 3.05) is 13.7 Å². The van der Waals surface area contributed by atoms with Crippen molar-refractivity contribution in [1.29, 1.82) is 0 Å². The summed E-state index contributed by atoms with van der Waals surface area (Å²) >= 11 is 0. The van der Waals surface area contributed by atoms with Crippen LogP contribution in [0.3, 0.4) is 0 Å². The zero-order valence-electron chi connectivity index (χ0n) is 19.5. The van der Waals surface area contributed by atoms with Crippen LogP contribution in [0.25, 0.3) is 0 Å². The predicted octanol–water partition coefficient (Wildman–Crippen LogP) is 5.17. The molecule has 0 bridgehead atoms. The molecular formula is C27H28N2O5. The fourth-order valence-electron chi connectivity index (χ4n) is 3.05. The predicted molar refractivity (Wildman–Crippen MR) is 131 cm³/mol. The van der Waals surface area contributed by atoms with E-state index in [2.05, 4.69) is 17.5 Å². The van der Waals surface area contributed by atoms with Gasteiger partial charge in [0.1, 0.15) is 5.75 Å². The van der Waals surface area contributed by atoms with Gasteiger partial charge in [-0.15, -0.1) is 0 Å². The second-order valence-electron chi connectivity index (χ2n) is 7.59. The third-order valence-electron chi connectivity index (χ3n) is 4.91. The highest BCUT2D eigenvalue weighted by atomic mass is 16.6. The molecular weight excluding hydrogens is 432 g/mol.